The third-order valence-corrected chi connectivity index (χ3v) is 1.49. The molecule has 0 aliphatic rings. The second kappa shape index (κ2) is 10.4. The van der Waals surface area contributed by atoms with Gasteiger partial charge in [0.15, 0.2) is 0 Å². The Morgan fingerprint density at radius 1 is 1.08 bits per heavy atom. The standard InChI is InChI=1S/C5H11Cl.C4H4N2/c1-2-3-4-5-6;1-2-4-6-5-3-1/h2-5H2,1H3;1-4H. The zero-order chi connectivity index (χ0) is 9.07. The van der Waals surface area contributed by atoms with Crippen LogP contribution in [0.15, 0.2) is 24.5 Å². The Kier molecular flexibility index (Phi) is 9.83. The molecule has 1 aromatic rings. The minimum atomic E-state index is 0.827. The van der Waals surface area contributed by atoms with Crippen molar-refractivity contribution in [3.05, 3.63) is 24.5 Å². The Morgan fingerprint density at radius 3 is 1.83 bits per heavy atom. The monoisotopic (exact) mass is 186 g/mol. The van der Waals surface area contributed by atoms with Crippen LogP contribution in [0.4, 0.5) is 0 Å². The number of halogens is 1. The second-order valence-electron chi connectivity index (χ2n) is 2.31. The van der Waals surface area contributed by atoms with Crippen LogP contribution in [-0.2, 0) is 0 Å². The SMILES string of the molecule is CCCCCCl.c1ccnnc1. The summed E-state index contributed by atoms with van der Waals surface area (Å²) in [7, 11) is 0. The van der Waals surface area contributed by atoms with Crippen LogP contribution in [0.2, 0.25) is 0 Å². The van der Waals surface area contributed by atoms with Crippen molar-refractivity contribution in [2.75, 3.05) is 5.88 Å². The number of hydrogen-bond donors (Lipinski definition) is 0. The predicted octanol–water partition coefficient (Wildman–Crippen LogP) is 2.89. The highest BCUT2D eigenvalue weighted by molar-refractivity contribution is 6.17. The Labute approximate surface area is 79.0 Å². The summed E-state index contributed by atoms with van der Waals surface area (Å²) in [5, 5.41) is 7.07. The van der Waals surface area contributed by atoms with E-state index in [1.807, 2.05) is 12.1 Å². The van der Waals surface area contributed by atoms with Crippen molar-refractivity contribution in [2.24, 2.45) is 0 Å². The van der Waals surface area contributed by atoms with Crippen molar-refractivity contribution >= 4 is 11.6 Å². The summed E-state index contributed by atoms with van der Waals surface area (Å²) in [6.07, 6.45) is 7.01. The average Bonchev–Trinajstić information content (AvgIpc) is 2.18. The molecule has 0 radical (unpaired) electrons. The van der Waals surface area contributed by atoms with Gasteiger partial charge in [0.25, 0.3) is 0 Å². The fourth-order valence-electron chi connectivity index (χ4n) is 0.598. The lowest BCUT2D eigenvalue weighted by atomic mass is 10.3. The van der Waals surface area contributed by atoms with Gasteiger partial charge in [-0.2, -0.15) is 10.2 Å². The molecule has 0 bridgehead atoms. The number of nitrogens with zero attached hydrogens (tertiary/aromatic N) is 2. The quantitative estimate of drug-likeness (QED) is 0.536. The molecule has 1 rings (SSSR count). The van der Waals surface area contributed by atoms with Gasteiger partial charge in [-0.05, 0) is 18.6 Å². The van der Waals surface area contributed by atoms with Crippen LogP contribution in [0.3, 0.4) is 0 Å². The van der Waals surface area contributed by atoms with E-state index in [0.29, 0.717) is 0 Å². The average molecular weight is 187 g/mol. The molecule has 2 nitrogen and oxygen atoms in total. The van der Waals surface area contributed by atoms with Gasteiger partial charge in [-0.3, -0.25) is 0 Å². The molecular weight excluding hydrogens is 172 g/mol. The molecule has 0 saturated carbocycles. The molecular formula is C9H15ClN2. The van der Waals surface area contributed by atoms with Crippen molar-refractivity contribution in [3.63, 3.8) is 0 Å². The topological polar surface area (TPSA) is 25.8 Å². The molecule has 0 aliphatic heterocycles. The summed E-state index contributed by atoms with van der Waals surface area (Å²) in [4.78, 5) is 0. The maximum Gasteiger partial charge on any atom is 0.0496 e. The van der Waals surface area contributed by atoms with Crippen molar-refractivity contribution in [1.82, 2.24) is 10.2 Å². The lowest BCUT2D eigenvalue weighted by molar-refractivity contribution is 0.776. The molecule has 0 unspecified atom stereocenters. The van der Waals surface area contributed by atoms with Crippen LogP contribution in [0.5, 0.6) is 0 Å². The van der Waals surface area contributed by atoms with Gasteiger partial charge in [0, 0.05) is 18.3 Å². The van der Waals surface area contributed by atoms with E-state index in [-0.39, 0.29) is 0 Å². The van der Waals surface area contributed by atoms with Crippen LogP contribution in [-0.4, -0.2) is 16.1 Å². The van der Waals surface area contributed by atoms with Gasteiger partial charge in [-0.15, -0.1) is 11.6 Å². The molecule has 12 heavy (non-hydrogen) atoms. The van der Waals surface area contributed by atoms with Crippen LogP contribution in [0, 0.1) is 0 Å². The molecule has 68 valence electrons. The minimum absolute atomic E-state index is 0.827. The fraction of sp³-hybridized carbons (Fsp3) is 0.556. The van der Waals surface area contributed by atoms with Gasteiger partial charge in [0.1, 0.15) is 0 Å². The van der Waals surface area contributed by atoms with E-state index in [1.165, 1.54) is 19.3 Å². The van der Waals surface area contributed by atoms with Gasteiger partial charge in [0.2, 0.25) is 0 Å². The van der Waals surface area contributed by atoms with Crippen molar-refractivity contribution in [1.29, 1.82) is 0 Å². The van der Waals surface area contributed by atoms with Crippen molar-refractivity contribution < 1.29 is 0 Å². The predicted molar refractivity (Wildman–Crippen MR) is 52.3 cm³/mol. The van der Waals surface area contributed by atoms with Gasteiger partial charge in [-0.25, -0.2) is 0 Å². The molecule has 0 spiro atoms. The molecule has 0 amide bonds. The first-order valence-corrected chi connectivity index (χ1v) is 4.73. The number of unbranched alkanes of at least 4 members (excludes halogenated alkanes) is 2. The first kappa shape index (κ1) is 11.4. The second-order valence-corrected chi connectivity index (χ2v) is 2.69. The first-order valence-electron chi connectivity index (χ1n) is 4.19. The lowest BCUT2D eigenvalue weighted by Gasteiger charge is -1.84. The molecule has 0 N–H and O–H groups in total. The fourth-order valence-corrected chi connectivity index (χ4v) is 0.787. The van der Waals surface area contributed by atoms with E-state index in [9.17, 15) is 0 Å². The maximum atomic E-state index is 5.38. The summed E-state index contributed by atoms with van der Waals surface area (Å²) >= 11 is 5.38. The number of rotatable bonds is 3. The highest BCUT2D eigenvalue weighted by Gasteiger charge is 1.76. The van der Waals surface area contributed by atoms with E-state index < -0.39 is 0 Å². The summed E-state index contributed by atoms with van der Waals surface area (Å²) in [6, 6.07) is 3.65. The third-order valence-electron chi connectivity index (χ3n) is 1.22. The Morgan fingerprint density at radius 2 is 1.67 bits per heavy atom. The van der Waals surface area contributed by atoms with Crippen LogP contribution in [0.1, 0.15) is 26.2 Å². The molecule has 0 saturated heterocycles. The highest BCUT2D eigenvalue weighted by atomic mass is 35.5. The number of hydrogen-bond acceptors (Lipinski definition) is 2. The minimum Gasteiger partial charge on any atom is -0.159 e. The van der Waals surface area contributed by atoms with E-state index in [2.05, 4.69) is 17.1 Å². The Balaban J connectivity index is 0.000000202. The van der Waals surface area contributed by atoms with Crippen LogP contribution in [0.25, 0.3) is 0 Å². The zero-order valence-electron chi connectivity index (χ0n) is 7.41. The van der Waals surface area contributed by atoms with Gasteiger partial charge in [0.05, 0.1) is 0 Å². The number of alkyl halides is 1. The molecule has 3 heteroatoms. The van der Waals surface area contributed by atoms with Gasteiger partial charge < -0.3 is 0 Å². The van der Waals surface area contributed by atoms with Gasteiger partial charge in [-0.1, -0.05) is 19.8 Å². The summed E-state index contributed by atoms with van der Waals surface area (Å²) in [5.74, 6) is 0.827. The highest BCUT2D eigenvalue weighted by Crippen LogP contribution is 1.93. The Hall–Kier alpha value is -0.630. The lowest BCUT2D eigenvalue weighted by Crippen LogP contribution is -1.70. The van der Waals surface area contributed by atoms with E-state index >= 15 is 0 Å². The van der Waals surface area contributed by atoms with Crippen molar-refractivity contribution in [2.45, 2.75) is 26.2 Å². The molecule has 1 heterocycles. The van der Waals surface area contributed by atoms with Crippen molar-refractivity contribution in [3.8, 4) is 0 Å². The smallest absolute Gasteiger partial charge is 0.0496 e. The first-order chi connectivity index (χ1) is 5.91. The molecule has 0 fully saturated rings. The van der Waals surface area contributed by atoms with Crippen LogP contribution < -0.4 is 0 Å². The molecule has 0 aliphatic carbocycles. The summed E-state index contributed by atoms with van der Waals surface area (Å²) in [6.45, 7) is 2.17. The summed E-state index contributed by atoms with van der Waals surface area (Å²) < 4.78 is 0. The maximum absolute atomic E-state index is 5.38. The normalized spacial score (nSPS) is 8.50. The van der Waals surface area contributed by atoms with Gasteiger partial charge >= 0.3 is 0 Å². The third kappa shape index (κ3) is 9.37. The number of aromatic nitrogens is 2. The molecule has 0 aromatic carbocycles. The van der Waals surface area contributed by atoms with E-state index in [0.717, 1.165) is 5.88 Å². The Bertz CT molecular complexity index is 125. The zero-order valence-corrected chi connectivity index (χ0v) is 8.17. The summed E-state index contributed by atoms with van der Waals surface area (Å²) in [5.41, 5.74) is 0. The van der Waals surface area contributed by atoms with E-state index in [4.69, 9.17) is 11.6 Å². The van der Waals surface area contributed by atoms with E-state index in [1.54, 1.807) is 12.4 Å². The molecule has 0 atom stereocenters. The molecule has 1 aromatic heterocycles. The largest absolute Gasteiger partial charge is 0.159 e. The van der Waals surface area contributed by atoms with Crippen LogP contribution >= 0.6 is 11.6 Å².